The number of aromatic nitrogens is 2. The van der Waals surface area contributed by atoms with Crippen LogP contribution in [0.2, 0.25) is 0 Å². The number of amides is 1. The number of rotatable bonds is 5. The van der Waals surface area contributed by atoms with Gasteiger partial charge in [-0.15, -0.1) is 0 Å². The molecular formula is C24H25FN4O3. The van der Waals surface area contributed by atoms with Crippen LogP contribution in [0.5, 0.6) is 5.75 Å². The molecule has 1 saturated heterocycles. The second-order valence-electron chi connectivity index (χ2n) is 8.60. The number of nitrogens with one attached hydrogen (secondary N) is 2. The molecule has 2 fully saturated rings. The second kappa shape index (κ2) is 8.35. The molecule has 0 spiro atoms. The van der Waals surface area contributed by atoms with Crippen LogP contribution in [-0.2, 0) is 0 Å². The van der Waals surface area contributed by atoms with E-state index < -0.39 is 5.82 Å². The summed E-state index contributed by atoms with van der Waals surface area (Å²) in [6.07, 6.45) is 4.76. The van der Waals surface area contributed by atoms with Crippen molar-refractivity contribution in [2.24, 2.45) is 0 Å². The number of benzene rings is 1. The summed E-state index contributed by atoms with van der Waals surface area (Å²) < 4.78 is 19.4. The molecule has 3 aromatic rings. The van der Waals surface area contributed by atoms with E-state index in [1.165, 1.54) is 12.1 Å². The quantitative estimate of drug-likeness (QED) is 0.642. The van der Waals surface area contributed by atoms with E-state index in [1.54, 1.807) is 31.4 Å². The maximum Gasteiger partial charge on any atom is 0.269 e. The predicted octanol–water partition coefficient (Wildman–Crippen LogP) is 2.82. The van der Waals surface area contributed by atoms with E-state index in [0.717, 1.165) is 43.4 Å². The van der Waals surface area contributed by atoms with Crippen molar-refractivity contribution < 1.29 is 13.9 Å². The van der Waals surface area contributed by atoms with Gasteiger partial charge in [0.25, 0.3) is 11.5 Å². The highest BCUT2D eigenvalue weighted by Gasteiger charge is 2.38. The van der Waals surface area contributed by atoms with Crippen molar-refractivity contribution in [2.45, 2.75) is 37.3 Å². The zero-order valence-corrected chi connectivity index (χ0v) is 17.8. The van der Waals surface area contributed by atoms with Gasteiger partial charge in [0.1, 0.15) is 23.4 Å². The lowest BCUT2D eigenvalue weighted by Crippen LogP contribution is -2.57. The standard InChI is InChI=1S/C24H25FN4O3/c1-26-24(31)21-7-6-18(11-27-21)32-19-12-29(13-19)17-5-3-15(8-17)22-9-14-2-4-16(25)10-20(14)23(30)28-22/h2,4,6-7,9-11,15,17,19H,3,5,8,12-13H2,1H3,(H,26,31)(H,28,30). The summed E-state index contributed by atoms with van der Waals surface area (Å²) in [6, 6.07) is 10.2. The van der Waals surface area contributed by atoms with Gasteiger partial charge >= 0.3 is 0 Å². The molecule has 2 unspecified atom stereocenters. The third-order valence-electron chi connectivity index (χ3n) is 6.57. The Labute approximate surface area is 184 Å². The highest BCUT2D eigenvalue weighted by molar-refractivity contribution is 5.92. The Morgan fingerprint density at radius 1 is 1.22 bits per heavy atom. The Hall–Kier alpha value is -3.26. The highest BCUT2D eigenvalue weighted by atomic mass is 19.1. The minimum absolute atomic E-state index is 0.108. The molecule has 2 N–H and O–H groups in total. The van der Waals surface area contributed by atoms with E-state index in [-0.39, 0.29) is 17.6 Å². The Bertz CT molecular complexity index is 1200. The van der Waals surface area contributed by atoms with Gasteiger partial charge < -0.3 is 15.0 Å². The first-order valence-corrected chi connectivity index (χ1v) is 10.9. The van der Waals surface area contributed by atoms with Crippen LogP contribution in [-0.4, -0.2) is 53.1 Å². The maximum atomic E-state index is 13.4. The maximum absolute atomic E-state index is 13.4. The van der Waals surface area contributed by atoms with Crippen molar-refractivity contribution in [1.29, 1.82) is 0 Å². The molecule has 0 radical (unpaired) electrons. The van der Waals surface area contributed by atoms with Crippen molar-refractivity contribution in [1.82, 2.24) is 20.2 Å². The number of aromatic amines is 1. The summed E-state index contributed by atoms with van der Waals surface area (Å²) >= 11 is 0. The molecular weight excluding hydrogens is 411 g/mol. The molecule has 1 aliphatic heterocycles. The molecule has 1 aromatic carbocycles. The number of fused-ring (bicyclic) bond motifs is 1. The van der Waals surface area contributed by atoms with E-state index in [2.05, 4.69) is 20.2 Å². The molecule has 1 saturated carbocycles. The zero-order chi connectivity index (χ0) is 22.2. The lowest BCUT2D eigenvalue weighted by molar-refractivity contribution is -0.00793. The van der Waals surface area contributed by atoms with Gasteiger partial charge in [0, 0.05) is 43.2 Å². The minimum atomic E-state index is -0.399. The molecule has 2 aliphatic rings. The Kier molecular flexibility index (Phi) is 5.38. The van der Waals surface area contributed by atoms with Crippen molar-refractivity contribution in [3.8, 4) is 5.75 Å². The van der Waals surface area contributed by atoms with Gasteiger partial charge in [-0.25, -0.2) is 9.37 Å². The molecule has 2 aromatic heterocycles. The lowest BCUT2D eigenvalue weighted by Gasteiger charge is -2.42. The monoisotopic (exact) mass is 436 g/mol. The topological polar surface area (TPSA) is 87.3 Å². The van der Waals surface area contributed by atoms with Gasteiger partial charge in [0.05, 0.1) is 6.20 Å². The van der Waals surface area contributed by atoms with Crippen LogP contribution in [0.4, 0.5) is 4.39 Å². The Morgan fingerprint density at radius 2 is 2.06 bits per heavy atom. The SMILES string of the molecule is CNC(=O)c1ccc(OC2CN(C3CCC(c4cc5ccc(F)cc5c(=O)[nH]4)C3)C2)cn1. The number of halogens is 1. The van der Waals surface area contributed by atoms with Crippen molar-refractivity contribution in [3.63, 3.8) is 0 Å². The van der Waals surface area contributed by atoms with Gasteiger partial charge in [-0.1, -0.05) is 6.07 Å². The first kappa shape index (κ1) is 20.6. The number of H-pyrrole nitrogens is 1. The molecule has 2 atom stereocenters. The Balaban J connectivity index is 1.17. The summed E-state index contributed by atoms with van der Waals surface area (Å²) in [5.41, 5.74) is 1.07. The second-order valence-corrected chi connectivity index (χ2v) is 8.60. The average molecular weight is 436 g/mol. The van der Waals surface area contributed by atoms with E-state index in [1.807, 2.05) is 6.07 Å². The number of hydrogen-bond donors (Lipinski definition) is 2. The fourth-order valence-corrected chi connectivity index (χ4v) is 4.79. The fourth-order valence-electron chi connectivity index (χ4n) is 4.79. The van der Waals surface area contributed by atoms with Crippen molar-refractivity contribution in [2.75, 3.05) is 20.1 Å². The van der Waals surface area contributed by atoms with Crippen LogP contribution in [0.1, 0.15) is 41.4 Å². The summed E-state index contributed by atoms with van der Waals surface area (Å²) in [5.74, 6) is 0.340. The van der Waals surface area contributed by atoms with Gasteiger partial charge in [0.2, 0.25) is 0 Å². The van der Waals surface area contributed by atoms with Gasteiger partial charge in [-0.2, -0.15) is 0 Å². The molecule has 0 bridgehead atoms. The molecule has 32 heavy (non-hydrogen) atoms. The van der Waals surface area contributed by atoms with Crippen LogP contribution >= 0.6 is 0 Å². The lowest BCUT2D eigenvalue weighted by atomic mass is 9.99. The molecule has 8 heteroatoms. The summed E-state index contributed by atoms with van der Waals surface area (Å²) in [5, 5.41) is 3.72. The Morgan fingerprint density at radius 3 is 2.81 bits per heavy atom. The smallest absolute Gasteiger partial charge is 0.269 e. The van der Waals surface area contributed by atoms with Crippen LogP contribution < -0.4 is 15.6 Å². The molecule has 7 nitrogen and oxygen atoms in total. The number of hydrogen-bond acceptors (Lipinski definition) is 5. The fraction of sp³-hybridized carbons (Fsp3) is 0.375. The van der Waals surface area contributed by atoms with Crippen LogP contribution in [0.25, 0.3) is 10.8 Å². The number of carbonyl (C=O) groups is 1. The van der Waals surface area contributed by atoms with Crippen LogP contribution in [0, 0.1) is 5.82 Å². The predicted molar refractivity (Wildman–Crippen MR) is 119 cm³/mol. The molecule has 1 amide bonds. The molecule has 3 heterocycles. The van der Waals surface area contributed by atoms with Gasteiger partial charge in [0.15, 0.2) is 0 Å². The number of carbonyl (C=O) groups excluding carboxylic acids is 1. The highest BCUT2D eigenvalue weighted by Crippen LogP contribution is 2.38. The van der Waals surface area contributed by atoms with Gasteiger partial charge in [-0.05, 0) is 55.0 Å². The molecule has 166 valence electrons. The van der Waals surface area contributed by atoms with E-state index in [9.17, 15) is 14.0 Å². The summed E-state index contributed by atoms with van der Waals surface area (Å²) in [7, 11) is 1.57. The first-order valence-electron chi connectivity index (χ1n) is 10.9. The number of likely N-dealkylation sites (tertiary alicyclic amines) is 1. The summed E-state index contributed by atoms with van der Waals surface area (Å²) in [4.78, 5) is 33.5. The number of pyridine rings is 2. The molecule has 1 aliphatic carbocycles. The van der Waals surface area contributed by atoms with E-state index in [4.69, 9.17) is 4.74 Å². The van der Waals surface area contributed by atoms with E-state index in [0.29, 0.717) is 28.8 Å². The van der Waals surface area contributed by atoms with Crippen LogP contribution in [0.3, 0.4) is 0 Å². The minimum Gasteiger partial charge on any atom is -0.486 e. The average Bonchev–Trinajstić information content (AvgIpc) is 3.26. The van der Waals surface area contributed by atoms with Crippen molar-refractivity contribution in [3.05, 3.63) is 70.2 Å². The van der Waals surface area contributed by atoms with Crippen molar-refractivity contribution >= 4 is 16.7 Å². The summed E-state index contributed by atoms with van der Waals surface area (Å²) in [6.45, 7) is 1.70. The molecule has 5 rings (SSSR count). The van der Waals surface area contributed by atoms with E-state index >= 15 is 0 Å². The third kappa shape index (κ3) is 3.98. The number of nitrogens with zero attached hydrogens (tertiary/aromatic N) is 2. The largest absolute Gasteiger partial charge is 0.486 e. The van der Waals surface area contributed by atoms with Gasteiger partial charge in [-0.3, -0.25) is 14.5 Å². The third-order valence-corrected chi connectivity index (χ3v) is 6.57. The normalized spacial score (nSPS) is 21.4. The zero-order valence-electron chi connectivity index (χ0n) is 17.8. The first-order chi connectivity index (χ1) is 15.5. The number of ether oxygens (including phenoxy) is 1. The van der Waals surface area contributed by atoms with Crippen LogP contribution in [0.15, 0.2) is 47.4 Å².